The summed E-state index contributed by atoms with van der Waals surface area (Å²) in [5, 5.41) is 7.66. The van der Waals surface area contributed by atoms with E-state index >= 15 is 0 Å². The minimum absolute atomic E-state index is 0.0251. The Morgan fingerprint density at radius 3 is 2.62 bits per heavy atom. The van der Waals surface area contributed by atoms with Crippen LogP contribution >= 0.6 is 0 Å². The largest absolute Gasteiger partial charge is 0.420 e. The van der Waals surface area contributed by atoms with Gasteiger partial charge in [0, 0.05) is 11.3 Å². The lowest BCUT2D eigenvalue weighted by atomic mass is 10.1. The zero-order chi connectivity index (χ0) is 22.6. The van der Waals surface area contributed by atoms with Crippen LogP contribution in [0, 0.1) is 19.7 Å². The molecule has 0 atom stereocenters. The Labute approximate surface area is 182 Å². The summed E-state index contributed by atoms with van der Waals surface area (Å²) in [6, 6.07) is 11.7. The van der Waals surface area contributed by atoms with Crippen LogP contribution < -0.4 is 22.2 Å². The summed E-state index contributed by atoms with van der Waals surface area (Å²) in [6.07, 6.45) is 1.67. The molecule has 0 saturated heterocycles. The predicted molar refractivity (Wildman–Crippen MR) is 122 cm³/mol. The van der Waals surface area contributed by atoms with Crippen molar-refractivity contribution < 1.29 is 8.81 Å². The van der Waals surface area contributed by atoms with Crippen LogP contribution in [0.5, 0.6) is 0 Å². The number of anilines is 3. The molecule has 8 heteroatoms. The molecular formula is C24H21FN4O3. The van der Waals surface area contributed by atoms with Gasteiger partial charge in [0.05, 0.1) is 23.0 Å². The van der Waals surface area contributed by atoms with Gasteiger partial charge in [0.15, 0.2) is 5.58 Å². The Kier molecular flexibility index (Phi) is 4.58. The molecule has 0 amide bonds. The van der Waals surface area contributed by atoms with Crippen LogP contribution in [0.15, 0.2) is 56.5 Å². The van der Waals surface area contributed by atoms with E-state index in [2.05, 4.69) is 10.4 Å². The molecule has 1 aliphatic carbocycles. The SMILES string of the molecule is Cc1ccc(Nc2c(C)c(=O)oc3c(-c4cccc(N)c4)nn(C4CC4)c(=O)c23)c(F)c1. The normalized spacial score (nSPS) is 13.5. The van der Waals surface area contributed by atoms with Gasteiger partial charge in [0.25, 0.3) is 5.56 Å². The molecule has 2 heterocycles. The van der Waals surface area contributed by atoms with Crippen LogP contribution in [-0.2, 0) is 0 Å². The first-order chi connectivity index (χ1) is 15.3. The molecule has 2 aromatic carbocycles. The van der Waals surface area contributed by atoms with Crippen molar-refractivity contribution in [2.75, 3.05) is 11.1 Å². The second-order valence-electron chi connectivity index (χ2n) is 8.16. The molecule has 3 N–H and O–H groups in total. The summed E-state index contributed by atoms with van der Waals surface area (Å²) in [7, 11) is 0. The van der Waals surface area contributed by atoms with Gasteiger partial charge >= 0.3 is 5.63 Å². The quantitative estimate of drug-likeness (QED) is 0.463. The van der Waals surface area contributed by atoms with Crippen LogP contribution in [0.1, 0.15) is 30.0 Å². The molecule has 4 aromatic rings. The number of hydrogen-bond donors (Lipinski definition) is 2. The van der Waals surface area contributed by atoms with Crippen LogP contribution in [0.3, 0.4) is 0 Å². The van der Waals surface area contributed by atoms with E-state index in [1.807, 2.05) is 0 Å². The molecule has 5 rings (SSSR count). The summed E-state index contributed by atoms with van der Waals surface area (Å²) in [4.78, 5) is 26.2. The van der Waals surface area contributed by atoms with Crippen LogP contribution in [-0.4, -0.2) is 9.78 Å². The minimum atomic E-state index is -0.636. The van der Waals surface area contributed by atoms with Crippen molar-refractivity contribution in [3.8, 4) is 11.3 Å². The van der Waals surface area contributed by atoms with E-state index in [9.17, 15) is 14.0 Å². The van der Waals surface area contributed by atoms with E-state index in [1.54, 1.807) is 50.2 Å². The lowest BCUT2D eigenvalue weighted by molar-refractivity contribution is 0.543. The third kappa shape index (κ3) is 3.33. The highest BCUT2D eigenvalue weighted by Gasteiger charge is 2.30. The van der Waals surface area contributed by atoms with Crippen molar-refractivity contribution in [3.63, 3.8) is 0 Å². The van der Waals surface area contributed by atoms with E-state index in [-0.39, 0.29) is 33.9 Å². The van der Waals surface area contributed by atoms with Gasteiger partial charge in [-0.25, -0.2) is 13.9 Å². The van der Waals surface area contributed by atoms with Gasteiger partial charge in [-0.3, -0.25) is 4.79 Å². The first kappa shape index (κ1) is 20.0. The summed E-state index contributed by atoms with van der Waals surface area (Å²) in [5.74, 6) is -0.488. The highest BCUT2D eigenvalue weighted by atomic mass is 19.1. The Balaban J connectivity index is 1.85. The number of aryl methyl sites for hydroxylation is 1. The molecule has 0 aliphatic heterocycles. The summed E-state index contributed by atoms with van der Waals surface area (Å²) in [5.41, 5.74) is 7.74. The summed E-state index contributed by atoms with van der Waals surface area (Å²) < 4.78 is 21.6. The number of fused-ring (bicyclic) bond motifs is 1. The van der Waals surface area contributed by atoms with E-state index in [1.165, 1.54) is 10.7 Å². The van der Waals surface area contributed by atoms with Crippen molar-refractivity contribution in [2.45, 2.75) is 32.7 Å². The van der Waals surface area contributed by atoms with E-state index in [0.717, 1.165) is 18.4 Å². The first-order valence-electron chi connectivity index (χ1n) is 10.3. The fraction of sp³-hybridized carbons (Fsp3) is 0.208. The number of halogens is 1. The van der Waals surface area contributed by atoms with Crippen molar-refractivity contribution in [1.82, 2.24) is 9.78 Å². The maximum Gasteiger partial charge on any atom is 0.341 e. The molecule has 1 aliphatic rings. The molecule has 7 nitrogen and oxygen atoms in total. The van der Waals surface area contributed by atoms with E-state index in [0.29, 0.717) is 16.9 Å². The van der Waals surface area contributed by atoms with Gasteiger partial charge in [-0.1, -0.05) is 18.2 Å². The highest BCUT2D eigenvalue weighted by molar-refractivity contribution is 5.99. The van der Waals surface area contributed by atoms with Crippen molar-refractivity contribution >= 4 is 28.0 Å². The van der Waals surface area contributed by atoms with Gasteiger partial charge in [-0.2, -0.15) is 5.10 Å². The van der Waals surface area contributed by atoms with Gasteiger partial charge < -0.3 is 15.5 Å². The predicted octanol–water partition coefficient (Wildman–Crippen LogP) is 4.43. The van der Waals surface area contributed by atoms with Crippen molar-refractivity contribution in [1.29, 1.82) is 0 Å². The zero-order valence-corrected chi connectivity index (χ0v) is 17.6. The number of rotatable bonds is 4. The van der Waals surface area contributed by atoms with Crippen molar-refractivity contribution in [2.24, 2.45) is 0 Å². The molecule has 1 saturated carbocycles. The first-order valence-corrected chi connectivity index (χ1v) is 10.3. The fourth-order valence-electron chi connectivity index (χ4n) is 3.76. The van der Waals surface area contributed by atoms with E-state index < -0.39 is 17.0 Å². The lowest BCUT2D eigenvalue weighted by Crippen LogP contribution is -2.25. The zero-order valence-electron chi connectivity index (χ0n) is 17.6. The average molecular weight is 432 g/mol. The smallest absolute Gasteiger partial charge is 0.341 e. The average Bonchev–Trinajstić information content (AvgIpc) is 3.58. The molecule has 0 unspecified atom stereocenters. The second-order valence-corrected chi connectivity index (χ2v) is 8.16. The van der Waals surface area contributed by atoms with E-state index in [4.69, 9.17) is 10.2 Å². The van der Waals surface area contributed by atoms with Crippen molar-refractivity contribution in [3.05, 3.63) is 80.2 Å². The summed E-state index contributed by atoms with van der Waals surface area (Å²) >= 11 is 0. The van der Waals surface area contributed by atoms with Gasteiger partial charge in [0.1, 0.15) is 16.9 Å². The Bertz CT molecular complexity index is 1500. The third-order valence-electron chi connectivity index (χ3n) is 5.63. The number of hydrogen-bond acceptors (Lipinski definition) is 6. The third-order valence-corrected chi connectivity index (χ3v) is 5.63. The maximum absolute atomic E-state index is 14.6. The van der Waals surface area contributed by atoms with Crippen LogP contribution in [0.25, 0.3) is 22.2 Å². The second kappa shape index (κ2) is 7.33. The molecular weight excluding hydrogens is 411 g/mol. The Morgan fingerprint density at radius 1 is 1.16 bits per heavy atom. The summed E-state index contributed by atoms with van der Waals surface area (Å²) in [6.45, 7) is 3.32. The number of nitrogen functional groups attached to an aromatic ring is 1. The fourth-order valence-corrected chi connectivity index (χ4v) is 3.76. The topological polar surface area (TPSA) is 103 Å². The monoisotopic (exact) mass is 432 g/mol. The van der Waals surface area contributed by atoms with Crippen LogP contribution in [0.2, 0.25) is 0 Å². The number of aromatic nitrogens is 2. The Morgan fingerprint density at radius 2 is 1.94 bits per heavy atom. The van der Waals surface area contributed by atoms with Crippen LogP contribution in [0.4, 0.5) is 21.5 Å². The van der Waals surface area contributed by atoms with Gasteiger partial charge in [0.2, 0.25) is 0 Å². The molecule has 2 aromatic heterocycles. The minimum Gasteiger partial charge on any atom is -0.420 e. The molecule has 32 heavy (non-hydrogen) atoms. The molecule has 162 valence electrons. The maximum atomic E-state index is 14.6. The molecule has 1 fully saturated rings. The van der Waals surface area contributed by atoms with Gasteiger partial charge in [-0.15, -0.1) is 0 Å². The molecule has 0 spiro atoms. The number of benzene rings is 2. The molecule has 0 bridgehead atoms. The lowest BCUT2D eigenvalue weighted by Gasteiger charge is -2.16. The van der Waals surface area contributed by atoms with Gasteiger partial charge in [-0.05, 0) is 56.5 Å². The standard InChI is InChI=1S/C24H21FN4O3/c1-12-6-9-18(17(25)10-12)27-20-13(2)24(31)32-22-19(20)23(30)29(16-7-8-16)28-21(22)14-4-3-5-15(26)11-14/h3-6,9-11,16,27H,7-8,26H2,1-2H3. The number of nitrogens with two attached hydrogens (primary N) is 1. The Hall–Kier alpha value is -3.94. The highest BCUT2D eigenvalue weighted by Crippen LogP contribution is 2.37. The number of nitrogens with one attached hydrogen (secondary N) is 1. The molecule has 0 radical (unpaired) electrons. The number of nitrogens with zero attached hydrogens (tertiary/aromatic N) is 2.